The van der Waals surface area contributed by atoms with Gasteiger partial charge in [0.2, 0.25) is 5.91 Å². The number of rotatable bonds is 4. The first-order valence-electron chi connectivity index (χ1n) is 8.45. The molecule has 0 aliphatic heterocycles. The number of carbonyl (C=O) groups is 1. The highest BCUT2D eigenvalue weighted by Gasteiger charge is 2.21. The molecular weight excluding hydrogens is 382 g/mol. The molecule has 1 heterocycles. The molecule has 0 aliphatic carbocycles. The van der Waals surface area contributed by atoms with Crippen LogP contribution < -0.4 is 5.56 Å². The van der Waals surface area contributed by atoms with E-state index in [1.54, 1.807) is 43.8 Å². The van der Waals surface area contributed by atoms with Gasteiger partial charge in [0.1, 0.15) is 0 Å². The molecule has 3 aromatic rings. The minimum absolute atomic E-state index is 0.0455. The van der Waals surface area contributed by atoms with E-state index in [1.165, 1.54) is 16.7 Å². The zero-order valence-electron chi connectivity index (χ0n) is 15.6. The molecule has 0 saturated heterocycles. The lowest BCUT2D eigenvalue weighted by Gasteiger charge is -2.19. The van der Waals surface area contributed by atoms with Crippen LogP contribution in [0.5, 0.6) is 0 Å². The molecule has 140 valence electrons. The van der Waals surface area contributed by atoms with Crippen molar-refractivity contribution in [1.29, 1.82) is 0 Å². The van der Waals surface area contributed by atoms with E-state index in [4.69, 9.17) is 11.6 Å². The third kappa shape index (κ3) is 4.01. The van der Waals surface area contributed by atoms with Gasteiger partial charge < -0.3 is 4.90 Å². The van der Waals surface area contributed by atoms with Gasteiger partial charge in [-0.1, -0.05) is 41.1 Å². The van der Waals surface area contributed by atoms with E-state index in [2.05, 4.69) is 4.98 Å². The molecule has 7 heteroatoms. The maximum absolute atomic E-state index is 13.2. The average Bonchev–Trinajstić information content (AvgIpc) is 2.62. The number of halogens is 1. The minimum atomic E-state index is -0.389. The first-order chi connectivity index (χ1) is 12.8. The first-order valence-corrected chi connectivity index (χ1v) is 9.71. The lowest BCUT2D eigenvalue weighted by Crippen LogP contribution is -2.31. The SMILES string of the molecule is Cc1ccc(-n2c(S[C@H](C)C(=O)N(C)C)nc3cc(Cl)ccc3c2=O)cc1. The van der Waals surface area contributed by atoms with E-state index in [1.807, 2.05) is 31.2 Å². The Labute approximate surface area is 167 Å². The van der Waals surface area contributed by atoms with E-state index in [-0.39, 0.29) is 16.7 Å². The summed E-state index contributed by atoms with van der Waals surface area (Å²) < 4.78 is 1.56. The van der Waals surface area contributed by atoms with Crippen molar-refractivity contribution in [3.05, 3.63) is 63.4 Å². The van der Waals surface area contributed by atoms with Gasteiger partial charge in [0.15, 0.2) is 5.16 Å². The van der Waals surface area contributed by atoms with E-state index in [0.29, 0.717) is 26.8 Å². The molecule has 0 aliphatic rings. The Balaban J connectivity index is 2.22. The number of thioether (sulfide) groups is 1. The topological polar surface area (TPSA) is 55.2 Å². The number of benzene rings is 2. The molecular formula is C20H20ClN3O2S. The quantitative estimate of drug-likeness (QED) is 0.491. The summed E-state index contributed by atoms with van der Waals surface area (Å²) in [7, 11) is 3.42. The predicted octanol–water partition coefficient (Wildman–Crippen LogP) is 3.92. The van der Waals surface area contributed by atoms with Crippen molar-refractivity contribution in [2.45, 2.75) is 24.3 Å². The van der Waals surface area contributed by atoms with Gasteiger partial charge in [-0.25, -0.2) is 4.98 Å². The Bertz CT molecular complexity index is 1060. The van der Waals surface area contributed by atoms with Gasteiger partial charge in [-0.15, -0.1) is 0 Å². The van der Waals surface area contributed by atoms with Gasteiger partial charge in [-0.3, -0.25) is 14.2 Å². The molecule has 3 rings (SSSR count). The van der Waals surface area contributed by atoms with Gasteiger partial charge in [0.25, 0.3) is 5.56 Å². The molecule has 5 nitrogen and oxygen atoms in total. The van der Waals surface area contributed by atoms with Crippen LogP contribution in [0.2, 0.25) is 5.02 Å². The number of amides is 1. The third-order valence-electron chi connectivity index (χ3n) is 4.16. The highest BCUT2D eigenvalue weighted by molar-refractivity contribution is 8.00. The van der Waals surface area contributed by atoms with E-state index < -0.39 is 0 Å². The highest BCUT2D eigenvalue weighted by Crippen LogP contribution is 2.26. The highest BCUT2D eigenvalue weighted by atomic mass is 35.5. The average molecular weight is 402 g/mol. The Morgan fingerprint density at radius 3 is 2.48 bits per heavy atom. The molecule has 2 aromatic carbocycles. The molecule has 0 unspecified atom stereocenters. The number of carbonyl (C=O) groups excluding carboxylic acids is 1. The third-order valence-corrected chi connectivity index (χ3v) is 5.44. The van der Waals surface area contributed by atoms with Crippen LogP contribution in [0, 0.1) is 6.92 Å². The summed E-state index contributed by atoms with van der Waals surface area (Å²) in [6, 6.07) is 12.7. The van der Waals surface area contributed by atoms with E-state index >= 15 is 0 Å². The molecule has 0 bridgehead atoms. The summed E-state index contributed by atoms with van der Waals surface area (Å²) in [5, 5.41) is 1.06. The fraction of sp³-hybridized carbons (Fsp3) is 0.250. The molecule has 1 atom stereocenters. The largest absolute Gasteiger partial charge is 0.348 e. The first kappa shape index (κ1) is 19.5. The van der Waals surface area contributed by atoms with Gasteiger partial charge >= 0.3 is 0 Å². The standard InChI is InChI=1S/C20H20ClN3O2S/c1-12-5-8-15(9-6-12)24-19(26)16-10-7-14(21)11-17(16)22-20(24)27-13(2)18(25)23(3)4/h5-11,13H,1-4H3/t13-/m1/s1. The van der Waals surface area contributed by atoms with Gasteiger partial charge in [0.05, 0.1) is 21.8 Å². The minimum Gasteiger partial charge on any atom is -0.348 e. The summed E-state index contributed by atoms with van der Waals surface area (Å²) in [5.74, 6) is -0.0455. The van der Waals surface area contributed by atoms with Crippen molar-refractivity contribution in [3.63, 3.8) is 0 Å². The molecule has 1 aromatic heterocycles. The summed E-state index contributed by atoms with van der Waals surface area (Å²) in [5.41, 5.74) is 2.13. The predicted molar refractivity (Wildman–Crippen MR) is 111 cm³/mol. The maximum atomic E-state index is 13.2. The van der Waals surface area contributed by atoms with Crippen molar-refractivity contribution in [2.24, 2.45) is 0 Å². The fourth-order valence-electron chi connectivity index (χ4n) is 2.71. The van der Waals surface area contributed by atoms with E-state index in [0.717, 1.165) is 5.56 Å². The number of nitrogens with zero attached hydrogens (tertiary/aromatic N) is 3. The van der Waals surface area contributed by atoms with Crippen LogP contribution in [0.3, 0.4) is 0 Å². The Kier molecular flexibility index (Phi) is 5.58. The van der Waals surface area contributed by atoms with Gasteiger partial charge in [0, 0.05) is 19.1 Å². The molecule has 0 saturated carbocycles. The number of aryl methyl sites for hydroxylation is 1. The van der Waals surface area contributed by atoms with Crippen molar-refractivity contribution in [3.8, 4) is 5.69 Å². The number of fused-ring (bicyclic) bond motifs is 1. The summed E-state index contributed by atoms with van der Waals surface area (Å²) in [4.78, 5) is 31.7. The lowest BCUT2D eigenvalue weighted by atomic mass is 10.2. The zero-order valence-corrected chi connectivity index (χ0v) is 17.1. The van der Waals surface area contributed by atoms with Crippen molar-refractivity contribution in [2.75, 3.05) is 14.1 Å². The maximum Gasteiger partial charge on any atom is 0.266 e. The molecule has 27 heavy (non-hydrogen) atoms. The molecule has 1 amide bonds. The zero-order chi connectivity index (χ0) is 19.7. The second-order valence-corrected chi connectivity index (χ2v) is 8.27. The smallest absolute Gasteiger partial charge is 0.266 e. The normalized spacial score (nSPS) is 12.2. The fourth-order valence-corrected chi connectivity index (χ4v) is 3.95. The second-order valence-electron chi connectivity index (χ2n) is 6.52. The Morgan fingerprint density at radius 1 is 1.19 bits per heavy atom. The van der Waals surface area contributed by atoms with Crippen LogP contribution in [-0.4, -0.2) is 39.7 Å². The van der Waals surface area contributed by atoms with Crippen molar-refractivity contribution in [1.82, 2.24) is 14.5 Å². The summed E-state index contributed by atoms with van der Waals surface area (Å²) >= 11 is 7.34. The van der Waals surface area contributed by atoms with Crippen LogP contribution in [0.1, 0.15) is 12.5 Å². The Hall–Kier alpha value is -2.31. The molecule has 0 fully saturated rings. The van der Waals surface area contributed by atoms with Crippen LogP contribution >= 0.6 is 23.4 Å². The lowest BCUT2D eigenvalue weighted by molar-refractivity contribution is -0.127. The van der Waals surface area contributed by atoms with Crippen molar-refractivity contribution >= 4 is 40.2 Å². The molecule has 0 spiro atoms. The van der Waals surface area contributed by atoms with Crippen LogP contribution in [0.4, 0.5) is 0 Å². The molecule has 0 radical (unpaired) electrons. The number of hydrogen-bond acceptors (Lipinski definition) is 4. The van der Waals surface area contributed by atoms with Gasteiger partial charge in [-0.2, -0.15) is 0 Å². The number of aromatic nitrogens is 2. The number of hydrogen-bond donors (Lipinski definition) is 0. The van der Waals surface area contributed by atoms with Gasteiger partial charge in [-0.05, 0) is 44.2 Å². The summed E-state index contributed by atoms with van der Waals surface area (Å²) in [6.07, 6.45) is 0. The van der Waals surface area contributed by atoms with Crippen LogP contribution in [0.15, 0.2) is 52.4 Å². The van der Waals surface area contributed by atoms with Crippen LogP contribution in [0.25, 0.3) is 16.6 Å². The van der Waals surface area contributed by atoms with Crippen molar-refractivity contribution < 1.29 is 4.79 Å². The second kappa shape index (κ2) is 7.74. The molecule has 0 N–H and O–H groups in total. The summed E-state index contributed by atoms with van der Waals surface area (Å²) in [6.45, 7) is 3.79. The van der Waals surface area contributed by atoms with Crippen LogP contribution in [-0.2, 0) is 4.79 Å². The monoisotopic (exact) mass is 401 g/mol. The Morgan fingerprint density at radius 2 is 1.85 bits per heavy atom. The van der Waals surface area contributed by atoms with E-state index in [9.17, 15) is 9.59 Å².